The minimum Gasteiger partial charge on any atom is -0.383 e. The third-order valence-corrected chi connectivity index (χ3v) is 6.88. The Bertz CT molecular complexity index is 1310. The average molecular weight is 558 g/mol. The van der Waals surface area contributed by atoms with Gasteiger partial charge in [0.2, 0.25) is 5.95 Å². The number of hydrazine groups is 1. The number of fused-ring (bicyclic) bond motifs is 2. The van der Waals surface area contributed by atoms with E-state index in [1.54, 1.807) is 7.11 Å². The molecule has 2 aromatic carbocycles. The molecule has 1 saturated heterocycles. The van der Waals surface area contributed by atoms with Crippen molar-refractivity contribution in [1.82, 2.24) is 25.0 Å². The highest BCUT2D eigenvalue weighted by molar-refractivity contribution is 7.22. The standard InChI is InChI=1S/C23H25ClN6O2S.2ClH/c1-32-12-11-30-19-8-5-15(21(31)28-29-9-3-2-4-10-29)13-18(19)25-22(30)27-23-26-17-7-6-16(24)14-20(17)33-23;;/h5-8,13-14H,2-4,9-12H2,1H3,(H,28,31)(H,25,26,27);2*1H. The quantitative estimate of drug-likeness (QED) is 0.305. The molecular formula is C23H27Cl3N6O2S. The van der Waals surface area contributed by atoms with E-state index < -0.39 is 0 Å². The third-order valence-electron chi connectivity index (χ3n) is 5.71. The second kappa shape index (κ2) is 12.2. The maximum Gasteiger partial charge on any atom is 0.265 e. The van der Waals surface area contributed by atoms with Gasteiger partial charge in [-0.3, -0.25) is 10.2 Å². The second-order valence-electron chi connectivity index (χ2n) is 8.03. The number of amides is 1. The number of carbonyl (C=O) groups excluding carboxylic acids is 1. The molecule has 0 spiro atoms. The van der Waals surface area contributed by atoms with Crippen molar-refractivity contribution in [3.8, 4) is 0 Å². The Balaban J connectivity index is 0.00000171. The first-order valence-corrected chi connectivity index (χ1v) is 12.2. The number of rotatable bonds is 7. The summed E-state index contributed by atoms with van der Waals surface area (Å²) in [7, 11) is 1.67. The molecule has 0 saturated carbocycles. The van der Waals surface area contributed by atoms with Crippen LogP contribution in [0.4, 0.5) is 11.1 Å². The van der Waals surface area contributed by atoms with Crippen LogP contribution in [0.1, 0.15) is 29.6 Å². The van der Waals surface area contributed by atoms with Gasteiger partial charge in [0.15, 0.2) is 5.13 Å². The lowest BCUT2D eigenvalue weighted by Crippen LogP contribution is -2.45. The highest BCUT2D eigenvalue weighted by atomic mass is 35.5. The molecule has 0 unspecified atom stereocenters. The number of anilines is 2. The van der Waals surface area contributed by atoms with E-state index in [4.69, 9.17) is 21.3 Å². The molecule has 1 aliphatic heterocycles. The molecule has 1 aliphatic rings. The summed E-state index contributed by atoms with van der Waals surface area (Å²) in [6, 6.07) is 11.3. The molecule has 0 radical (unpaired) electrons. The smallest absolute Gasteiger partial charge is 0.265 e. The van der Waals surface area contributed by atoms with E-state index in [1.807, 2.05) is 46.0 Å². The zero-order valence-electron chi connectivity index (χ0n) is 19.1. The molecule has 2 aromatic heterocycles. The minimum atomic E-state index is -0.109. The highest BCUT2D eigenvalue weighted by Crippen LogP contribution is 2.31. The van der Waals surface area contributed by atoms with Crippen molar-refractivity contribution < 1.29 is 9.53 Å². The molecule has 8 nitrogen and oxygen atoms in total. The predicted molar refractivity (Wildman–Crippen MR) is 147 cm³/mol. The van der Waals surface area contributed by atoms with Gasteiger partial charge in [0.05, 0.1) is 27.9 Å². The largest absolute Gasteiger partial charge is 0.383 e. The van der Waals surface area contributed by atoms with Crippen molar-refractivity contribution in [2.24, 2.45) is 0 Å². The van der Waals surface area contributed by atoms with Gasteiger partial charge in [-0.1, -0.05) is 29.4 Å². The SMILES string of the molecule is COCCn1c(Nc2nc3ccc(Cl)cc3s2)nc2cc(C(=O)NN3CCCCC3)ccc21.Cl.Cl. The van der Waals surface area contributed by atoms with Crippen LogP contribution in [-0.2, 0) is 11.3 Å². The van der Waals surface area contributed by atoms with Crippen LogP contribution in [0.25, 0.3) is 21.3 Å². The number of aromatic nitrogens is 3. The van der Waals surface area contributed by atoms with Gasteiger partial charge in [0.1, 0.15) is 0 Å². The van der Waals surface area contributed by atoms with Crippen molar-refractivity contribution in [2.45, 2.75) is 25.8 Å². The zero-order chi connectivity index (χ0) is 22.8. The number of nitrogens with one attached hydrogen (secondary N) is 2. The molecule has 4 aromatic rings. The Kier molecular flexibility index (Phi) is 9.57. The number of thiazole rings is 1. The fraction of sp³-hybridized carbons (Fsp3) is 0.348. The molecule has 0 aliphatic carbocycles. The fourth-order valence-corrected chi connectivity index (χ4v) is 5.17. The van der Waals surface area contributed by atoms with E-state index >= 15 is 0 Å². The second-order valence-corrected chi connectivity index (χ2v) is 9.50. The summed E-state index contributed by atoms with van der Waals surface area (Å²) < 4.78 is 8.35. The molecule has 0 atom stereocenters. The number of carbonyl (C=O) groups is 1. The lowest BCUT2D eigenvalue weighted by molar-refractivity contribution is 0.0750. The topological polar surface area (TPSA) is 84.3 Å². The molecule has 1 fully saturated rings. The number of hydrogen-bond acceptors (Lipinski definition) is 7. The van der Waals surface area contributed by atoms with E-state index in [-0.39, 0.29) is 30.7 Å². The summed E-state index contributed by atoms with van der Waals surface area (Å²) in [5, 5.41) is 6.75. The number of hydrogen-bond donors (Lipinski definition) is 2. The first-order valence-electron chi connectivity index (χ1n) is 11.0. The average Bonchev–Trinajstić information content (AvgIpc) is 3.37. The maximum atomic E-state index is 12.8. The van der Waals surface area contributed by atoms with Gasteiger partial charge >= 0.3 is 0 Å². The molecular weight excluding hydrogens is 531 g/mol. The Morgan fingerprint density at radius 3 is 2.66 bits per heavy atom. The van der Waals surface area contributed by atoms with Gasteiger partial charge in [-0.2, -0.15) is 0 Å². The van der Waals surface area contributed by atoms with Gasteiger partial charge in [0, 0.05) is 37.3 Å². The lowest BCUT2D eigenvalue weighted by atomic mass is 10.1. The van der Waals surface area contributed by atoms with Gasteiger partial charge in [-0.05, 0) is 49.2 Å². The van der Waals surface area contributed by atoms with Gasteiger partial charge in [-0.15, -0.1) is 24.8 Å². The van der Waals surface area contributed by atoms with Crippen molar-refractivity contribution >= 4 is 86.0 Å². The number of imidazole rings is 1. The summed E-state index contributed by atoms with van der Waals surface area (Å²) in [6.45, 7) is 2.93. The van der Waals surface area contributed by atoms with Crippen LogP contribution in [0.3, 0.4) is 0 Å². The third kappa shape index (κ3) is 6.17. The monoisotopic (exact) mass is 556 g/mol. The Morgan fingerprint density at radius 2 is 1.89 bits per heavy atom. The molecule has 0 bridgehead atoms. The summed E-state index contributed by atoms with van der Waals surface area (Å²) in [4.78, 5) is 22.2. The van der Waals surface area contributed by atoms with Gasteiger partial charge in [0.25, 0.3) is 5.91 Å². The predicted octanol–water partition coefficient (Wildman–Crippen LogP) is 5.66. The van der Waals surface area contributed by atoms with Crippen LogP contribution in [0, 0.1) is 0 Å². The van der Waals surface area contributed by atoms with Gasteiger partial charge < -0.3 is 14.6 Å². The van der Waals surface area contributed by atoms with E-state index in [1.165, 1.54) is 17.8 Å². The summed E-state index contributed by atoms with van der Waals surface area (Å²) in [5.74, 6) is 0.545. The summed E-state index contributed by atoms with van der Waals surface area (Å²) in [5.41, 5.74) is 6.15. The number of methoxy groups -OCH3 is 1. The first kappa shape index (κ1) is 27.4. The van der Waals surface area contributed by atoms with E-state index in [9.17, 15) is 4.79 Å². The minimum absolute atomic E-state index is 0. The number of ether oxygens (including phenoxy) is 1. The Morgan fingerprint density at radius 1 is 1.09 bits per heavy atom. The van der Waals surface area contributed by atoms with Crippen molar-refractivity contribution in [2.75, 3.05) is 32.1 Å². The van der Waals surface area contributed by atoms with Crippen molar-refractivity contribution in [3.05, 3.63) is 47.0 Å². The molecule has 12 heteroatoms. The Labute approximate surface area is 224 Å². The fourth-order valence-electron chi connectivity index (χ4n) is 4.04. The maximum absolute atomic E-state index is 12.8. The molecule has 5 rings (SSSR count). The van der Waals surface area contributed by atoms with Crippen LogP contribution in [-0.4, -0.2) is 52.3 Å². The van der Waals surface area contributed by atoms with Crippen LogP contribution in [0.5, 0.6) is 0 Å². The van der Waals surface area contributed by atoms with E-state index in [0.29, 0.717) is 29.7 Å². The Hall–Kier alpha value is -2.14. The first-order chi connectivity index (χ1) is 16.1. The molecule has 1 amide bonds. The number of piperidine rings is 1. The van der Waals surface area contributed by atoms with E-state index in [2.05, 4.69) is 15.7 Å². The molecule has 3 heterocycles. The van der Waals surface area contributed by atoms with Crippen LogP contribution < -0.4 is 10.7 Å². The van der Waals surface area contributed by atoms with Crippen LogP contribution in [0.15, 0.2) is 36.4 Å². The lowest BCUT2D eigenvalue weighted by Gasteiger charge is -2.26. The zero-order valence-corrected chi connectivity index (χ0v) is 22.3. The molecule has 35 heavy (non-hydrogen) atoms. The number of halogens is 3. The van der Waals surface area contributed by atoms with Crippen molar-refractivity contribution in [1.29, 1.82) is 0 Å². The van der Waals surface area contributed by atoms with Crippen LogP contribution in [0.2, 0.25) is 5.02 Å². The summed E-state index contributed by atoms with van der Waals surface area (Å²) in [6.07, 6.45) is 3.43. The normalized spacial score (nSPS) is 13.9. The summed E-state index contributed by atoms with van der Waals surface area (Å²) >= 11 is 7.63. The molecule has 2 N–H and O–H groups in total. The highest BCUT2D eigenvalue weighted by Gasteiger charge is 2.17. The van der Waals surface area contributed by atoms with Gasteiger partial charge in [-0.25, -0.2) is 15.0 Å². The van der Waals surface area contributed by atoms with E-state index in [0.717, 1.165) is 52.3 Å². The number of benzene rings is 2. The molecule has 188 valence electrons. The number of nitrogens with zero attached hydrogens (tertiary/aromatic N) is 4. The van der Waals surface area contributed by atoms with Crippen LogP contribution >= 0.6 is 47.8 Å². The van der Waals surface area contributed by atoms with Crippen molar-refractivity contribution in [3.63, 3.8) is 0 Å².